The lowest BCUT2D eigenvalue weighted by Crippen LogP contribution is -2.45. The zero-order chi connectivity index (χ0) is 23.1. The highest BCUT2D eigenvalue weighted by Gasteiger charge is 2.27. The minimum atomic E-state index is -1.13. The summed E-state index contributed by atoms with van der Waals surface area (Å²) >= 11 is 5.76. The third-order valence-corrected chi connectivity index (χ3v) is 6.29. The minimum Gasteiger partial charge on any atom is -0.389 e. The number of β-amino-alcohol motifs (C(OH)–C–C–N with tert-alkyl or cyclic N) is 1. The lowest BCUT2D eigenvalue weighted by molar-refractivity contribution is -0.130. The Kier molecular flexibility index (Phi) is 9.02. The number of hydrogen-bond donors (Lipinski definition) is 1. The maximum Gasteiger partial charge on any atom is 0.246 e. The zero-order valence-electron chi connectivity index (χ0n) is 18.1. The molecular weight excluding hydrogens is 440 g/mol. The Hall–Kier alpha value is -2.03. The first-order chi connectivity index (χ1) is 15.3. The number of rotatable bonds is 7. The fraction of sp³-hybridized carbons (Fsp3) is 0.565. The molecule has 0 aromatic heterocycles. The van der Waals surface area contributed by atoms with Crippen LogP contribution in [0.1, 0.15) is 31.2 Å². The van der Waals surface area contributed by atoms with Crippen LogP contribution in [-0.4, -0.2) is 89.7 Å². The molecule has 2 aliphatic rings. The summed E-state index contributed by atoms with van der Waals surface area (Å²) in [5, 5.41) is 9.64. The van der Waals surface area contributed by atoms with Crippen LogP contribution in [0.2, 0.25) is 5.02 Å². The lowest BCUT2D eigenvalue weighted by Gasteiger charge is -2.32. The number of benzene rings is 1. The van der Waals surface area contributed by atoms with Crippen molar-refractivity contribution in [2.45, 2.75) is 38.0 Å². The molecule has 0 saturated carbocycles. The number of aliphatic hydroxyl groups is 1. The Balaban J connectivity index is 1.41. The molecule has 1 N–H and O–H groups in total. The number of halogens is 3. The van der Waals surface area contributed by atoms with Crippen LogP contribution < -0.4 is 0 Å². The van der Waals surface area contributed by atoms with Gasteiger partial charge in [0.15, 0.2) is 0 Å². The van der Waals surface area contributed by atoms with E-state index in [1.165, 1.54) is 18.2 Å². The molecule has 6 nitrogen and oxygen atoms in total. The van der Waals surface area contributed by atoms with Gasteiger partial charge in [-0.1, -0.05) is 17.7 Å². The van der Waals surface area contributed by atoms with Crippen molar-refractivity contribution in [1.29, 1.82) is 0 Å². The average Bonchev–Trinajstić information content (AvgIpc) is 2.96. The number of alkyl halides is 1. The Labute approximate surface area is 192 Å². The van der Waals surface area contributed by atoms with E-state index in [0.717, 1.165) is 19.4 Å². The number of nitrogens with zero attached hydrogens (tertiary/aromatic N) is 3. The molecule has 2 fully saturated rings. The number of carbonyl (C=O) groups is 2. The minimum absolute atomic E-state index is 0.00122. The SMILES string of the molecule is O=C(C=Cc1ccc(F)c(Cl)c1)N1CCC(=O)N(CCCCN2CC[C@H](F)[C@@H](O)C2)CC1. The number of carbonyl (C=O) groups excluding carboxylic acids is 2. The van der Waals surface area contributed by atoms with Crippen molar-refractivity contribution in [3.05, 3.63) is 40.7 Å². The van der Waals surface area contributed by atoms with Gasteiger partial charge in [-0.25, -0.2) is 8.78 Å². The average molecular weight is 470 g/mol. The molecule has 2 atom stereocenters. The predicted octanol–water partition coefficient (Wildman–Crippen LogP) is 2.74. The van der Waals surface area contributed by atoms with Gasteiger partial charge < -0.3 is 19.8 Å². The summed E-state index contributed by atoms with van der Waals surface area (Å²) in [6.45, 7) is 3.69. The van der Waals surface area contributed by atoms with Crippen molar-refractivity contribution in [3.63, 3.8) is 0 Å². The van der Waals surface area contributed by atoms with E-state index in [1.54, 1.807) is 21.9 Å². The Bertz CT molecular complexity index is 839. The number of likely N-dealkylation sites (tertiary alicyclic amines) is 1. The van der Waals surface area contributed by atoms with Gasteiger partial charge in [0.25, 0.3) is 0 Å². The smallest absolute Gasteiger partial charge is 0.246 e. The molecule has 9 heteroatoms. The summed E-state index contributed by atoms with van der Waals surface area (Å²) in [5.74, 6) is -0.679. The van der Waals surface area contributed by atoms with Gasteiger partial charge >= 0.3 is 0 Å². The molecule has 0 bridgehead atoms. The number of aliphatic hydroxyl groups excluding tert-OH is 1. The fourth-order valence-corrected chi connectivity index (χ4v) is 4.21. The number of unbranched alkanes of at least 4 members (excludes halogenated alkanes) is 1. The van der Waals surface area contributed by atoms with Crippen molar-refractivity contribution in [2.75, 3.05) is 45.8 Å². The molecular formula is C23H30ClF2N3O3. The highest BCUT2D eigenvalue weighted by molar-refractivity contribution is 6.30. The van der Waals surface area contributed by atoms with Crippen molar-refractivity contribution in [2.24, 2.45) is 0 Å². The van der Waals surface area contributed by atoms with Crippen LogP contribution in [0.4, 0.5) is 8.78 Å². The van der Waals surface area contributed by atoms with E-state index < -0.39 is 18.1 Å². The van der Waals surface area contributed by atoms with E-state index in [1.807, 2.05) is 0 Å². The standard InChI is InChI=1S/C23H30ClF2N3O3/c24-18-15-17(3-5-19(18)25)4-6-22(31)29-12-8-23(32)28(13-14-29)10-2-1-9-27-11-7-20(26)21(30)16-27/h3-6,15,20-21,30H,1-2,7-14,16H2/t20-,21-/m0/s1. The van der Waals surface area contributed by atoms with Crippen LogP contribution >= 0.6 is 11.6 Å². The molecule has 1 aromatic rings. The van der Waals surface area contributed by atoms with Crippen molar-refractivity contribution >= 4 is 29.5 Å². The Morgan fingerprint density at radius 2 is 1.97 bits per heavy atom. The highest BCUT2D eigenvalue weighted by atomic mass is 35.5. The van der Waals surface area contributed by atoms with Crippen LogP contribution in [0.3, 0.4) is 0 Å². The molecule has 0 radical (unpaired) electrons. The molecule has 2 amide bonds. The molecule has 176 valence electrons. The first-order valence-corrected chi connectivity index (χ1v) is 11.5. The molecule has 0 aliphatic carbocycles. The van der Waals surface area contributed by atoms with Crippen molar-refractivity contribution < 1.29 is 23.5 Å². The summed E-state index contributed by atoms with van der Waals surface area (Å²) in [7, 11) is 0. The van der Waals surface area contributed by atoms with Crippen molar-refractivity contribution in [1.82, 2.24) is 14.7 Å². The van der Waals surface area contributed by atoms with Gasteiger partial charge in [0, 0.05) is 51.8 Å². The van der Waals surface area contributed by atoms with E-state index >= 15 is 0 Å². The summed E-state index contributed by atoms with van der Waals surface area (Å²) < 4.78 is 26.6. The van der Waals surface area contributed by atoms with Gasteiger partial charge in [0.1, 0.15) is 12.0 Å². The summed E-state index contributed by atoms with van der Waals surface area (Å²) in [6, 6.07) is 4.24. The quantitative estimate of drug-likeness (QED) is 0.492. The number of piperidine rings is 1. The van der Waals surface area contributed by atoms with E-state index in [9.17, 15) is 23.5 Å². The van der Waals surface area contributed by atoms with E-state index in [-0.39, 0.29) is 23.3 Å². The normalized spacial score (nSPS) is 23.1. The largest absolute Gasteiger partial charge is 0.389 e. The van der Waals surface area contributed by atoms with Crippen LogP contribution in [0, 0.1) is 5.82 Å². The zero-order valence-corrected chi connectivity index (χ0v) is 18.8. The maximum atomic E-state index is 13.3. The second-order valence-corrected chi connectivity index (χ2v) is 8.75. The third-order valence-electron chi connectivity index (χ3n) is 6.00. The fourth-order valence-electron chi connectivity index (χ4n) is 4.02. The van der Waals surface area contributed by atoms with Crippen LogP contribution in [0.5, 0.6) is 0 Å². The lowest BCUT2D eigenvalue weighted by atomic mass is 10.1. The molecule has 2 saturated heterocycles. The molecule has 1 aromatic carbocycles. The molecule has 2 heterocycles. The monoisotopic (exact) mass is 469 g/mol. The first-order valence-electron chi connectivity index (χ1n) is 11.1. The van der Waals surface area contributed by atoms with E-state index in [2.05, 4.69) is 4.90 Å². The maximum absolute atomic E-state index is 13.3. The number of amides is 2. The summed E-state index contributed by atoms with van der Waals surface area (Å²) in [4.78, 5) is 30.5. The second-order valence-electron chi connectivity index (χ2n) is 8.34. The van der Waals surface area contributed by atoms with Gasteiger partial charge in [-0.15, -0.1) is 0 Å². The second kappa shape index (κ2) is 11.7. The topological polar surface area (TPSA) is 64.1 Å². The number of hydrogen-bond acceptors (Lipinski definition) is 4. The van der Waals surface area contributed by atoms with Gasteiger partial charge in [-0.3, -0.25) is 9.59 Å². The molecule has 2 aliphatic heterocycles. The van der Waals surface area contributed by atoms with Gasteiger partial charge in [0.05, 0.1) is 11.1 Å². The van der Waals surface area contributed by atoms with Crippen LogP contribution in [0.15, 0.2) is 24.3 Å². The predicted molar refractivity (Wildman–Crippen MR) is 119 cm³/mol. The highest BCUT2D eigenvalue weighted by Crippen LogP contribution is 2.17. The Morgan fingerprint density at radius 3 is 2.72 bits per heavy atom. The molecule has 3 rings (SSSR count). The molecule has 0 spiro atoms. The molecule has 32 heavy (non-hydrogen) atoms. The van der Waals surface area contributed by atoms with E-state index in [4.69, 9.17) is 11.6 Å². The first kappa shape index (κ1) is 24.6. The van der Waals surface area contributed by atoms with Crippen LogP contribution in [-0.2, 0) is 9.59 Å². The van der Waals surface area contributed by atoms with Gasteiger partial charge in [0.2, 0.25) is 11.8 Å². The van der Waals surface area contributed by atoms with Crippen LogP contribution in [0.25, 0.3) is 6.08 Å². The summed E-state index contributed by atoms with van der Waals surface area (Å²) in [6.07, 6.45) is 3.27. The van der Waals surface area contributed by atoms with E-state index in [0.29, 0.717) is 51.3 Å². The van der Waals surface area contributed by atoms with Gasteiger partial charge in [-0.2, -0.15) is 0 Å². The van der Waals surface area contributed by atoms with Crippen molar-refractivity contribution in [3.8, 4) is 0 Å². The molecule has 0 unspecified atom stereocenters. The third kappa shape index (κ3) is 6.98. The van der Waals surface area contributed by atoms with Gasteiger partial charge in [-0.05, 0) is 49.6 Å². The Morgan fingerprint density at radius 1 is 1.19 bits per heavy atom. The summed E-state index contributed by atoms with van der Waals surface area (Å²) in [5.41, 5.74) is 0.625.